The van der Waals surface area contributed by atoms with Crippen LogP contribution in [0.1, 0.15) is 38.5 Å². The van der Waals surface area contributed by atoms with Crippen LogP contribution in [-0.4, -0.2) is 49.3 Å². The standard InChI is InChI=1S/C21H28N2O5/c24-17(14-4-2-1-3-5-14)12-22-21(26)15-10-20(25)23(13-15)16-6-7-18-19(11-16)28-9-8-27-18/h6-7,11,14-15,17,24H,1-5,8-10,12-13H2,(H,22,26). The summed E-state index contributed by atoms with van der Waals surface area (Å²) in [7, 11) is 0. The lowest BCUT2D eigenvalue weighted by Gasteiger charge is -2.27. The number of fused-ring (bicyclic) bond motifs is 1. The van der Waals surface area contributed by atoms with E-state index in [1.807, 2.05) is 6.07 Å². The third-order valence-corrected chi connectivity index (χ3v) is 6.01. The van der Waals surface area contributed by atoms with Gasteiger partial charge in [0.15, 0.2) is 11.5 Å². The molecule has 3 aliphatic rings. The minimum absolute atomic E-state index is 0.0790. The van der Waals surface area contributed by atoms with Gasteiger partial charge in [-0.2, -0.15) is 0 Å². The van der Waals surface area contributed by atoms with E-state index in [2.05, 4.69) is 5.32 Å². The molecule has 1 saturated heterocycles. The molecule has 2 heterocycles. The van der Waals surface area contributed by atoms with Crippen LogP contribution in [-0.2, 0) is 9.59 Å². The van der Waals surface area contributed by atoms with Crippen molar-refractivity contribution in [2.75, 3.05) is 31.2 Å². The summed E-state index contributed by atoms with van der Waals surface area (Å²) in [4.78, 5) is 26.6. The molecule has 2 unspecified atom stereocenters. The van der Waals surface area contributed by atoms with Crippen LogP contribution in [0.2, 0.25) is 0 Å². The molecule has 0 aromatic heterocycles. The van der Waals surface area contributed by atoms with Crippen molar-refractivity contribution in [3.63, 3.8) is 0 Å². The number of carbonyl (C=O) groups is 2. The van der Waals surface area contributed by atoms with Crippen molar-refractivity contribution in [3.05, 3.63) is 18.2 Å². The molecule has 1 aromatic carbocycles. The van der Waals surface area contributed by atoms with Gasteiger partial charge in [-0.3, -0.25) is 9.59 Å². The first-order valence-electron chi connectivity index (χ1n) is 10.3. The zero-order chi connectivity index (χ0) is 19.5. The fourth-order valence-electron chi connectivity index (χ4n) is 4.37. The van der Waals surface area contributed by atoms with Crippen molar-refractivity contribution in [1.29, 1.82) is 0 Å². The maximum absolute atomic E-state index is 12.5. The molecule has 0 radical (unpaired) electrons. The molecule has 0 spiro atoms. The molecule has 7 nitrogen and oxygen atoms in total. The number of nitrogens with zero attached hydrogens (tertiary/aromatic N) is 1. The topological polar surface area (TPSA) is 88.1 Å². The zero-order valence-electron chi connectivity index (χ0n) is 16.1. The highest BCUT2D eigenvalue weighted by atomic mass is 16.6. The quantitative estimate of drug-likeness (QED) is 0.804. The molecule has 2 fully saturated rings. The predicted octanol–water partition coefficient (Wildman–Crippen LogP) is 1.87. The average Bonchev–Trinajstić information content (AvgIpc) is 3.13. The highest BCUT2D eigenvalue weighted by molar-refractivity contribution is 6.00. The smallest absolute Gasteiger partial charge is 0.227 e. The minimum Gasteiger partial charge on any atom is -0.486 e. The fraction of sp³-hybridized carbons (Fsp3) is 0.619. The molecular formula is C21H28N2O5. The molecule has 4 rings (SSSR count). The van der Waals surface area contributed by atoms with E-state index >= 15 is 0 Å². The number of benzene rings is 1. The van der Waals surface area contributed by atoms with Crippen LogP contribution >= 0.6 is 0 Å². The van der Waals surface area contributed by atoms with Gasteiger partial charge in [0.1, 0.15) is 13.2 Å². The van der Waals surface area contributed by atoms with Gasteiger partial charge in [-0.15, -0.1) is 0 Å². The van der Waals surface area contributed by atoms with Gasteiger partial charge in [0.25, 0.3) is 0 Å². The Labute approximate surface area is 165 Å². The van der Waals surface area contributed by atoms with Crippen molar-refractivity contribution >= 4 is 17.5 Å². The van der Waals surface area contributed by atoms with Crippen molar-refractivity contribution in [3.8, 4) is 11.5 Å². The van der Waals surface area contributed by atoms with E-state index in [1.165, 1.54) is 6.42 Å². The second-order valence-corrected chi connectivity index (χ2v) is 7.94. The maximum Gasteiger partial charge on any atom is 0.227 e. The molecule has 7 heteroatoms. The molecule has 2 amide bonds. The number of hydrogen-bond acceptors (Lipinski definition) is 5. The second-order valence-electron chi connectivity index (χ2n) is 7.94. The molecule has 1 aliphatic carbocycles. The van der Waals surface area contributed by atoms with Gasteiger partial charge in [0.2, 0.25) is 11.8 Å². The minimum atomic E-state index is -0.504. The van der Waals surface area contributed by atoms with E-state index < -0.39 is 12.0 Å². The molecule has 1 saturated carbocycles. The summed E-state index contributed by atoms with van der Waals surface area (Å²) in [5.41, 5.74) is 0.715. The third kappa shape index (κ3) is 4.09. The van der Waals surface area contributed by atoms with Gasteiger partial charge >= 0.3 is 0 Å². The number of rotatable bonds is 5. The van der Waals surface area contributed by atoms with Crippen LogP contribution < -0.4 is 19.7 Å². The Kier molecular flexibility index (Phi) is 5.71. The Morgan fingerprint density at radius 3 is 2.71 bits per heavy atom. The highest BCUT2D eigenvalue weighted by Gasteiger charge is 2.36. The number of nitrogens with one attached hydrogen (secondary N) is 1. The number of carbonyl (C=O) groups excluding carboxylic acids is 2. The van der Waals surface area contributed by atoms with E-state index in [4.69, 9.17) is 9.47 Å². The van der Waals surface area contributed by atoms with Crippen LogP contribution in [0.5, 0.6) is 11.5 Å². The molecular weight excluding hydrogens is 360 g/mol. The monoisotopic (exact) mass is 388 g/mol. The van der Waals surface area contributed by atoms with Crippen molar-refractivity contribution in [2.24, 2.45) is 11.8 Å². The summed E-state index contributed by atoms with van der Waals surface area (Å²) in [5, 5.41) is 13.2. The highest BCUT2D eigenvalue weighted by Crippen LogP contribution is 2.36. The molecule has 28 heavy (non-hydrogen) atoms. The molecule has 1 aromatic rings. The van der Waals surface area contributed by atoms with E-state index in [1.54, 1.807) is 17.0 Å². The normalized spacial score (nSPS) is 23.5. The van der Waals surface area contributed by atoms with Crippen LogP contribution in [0, 0.1) is 11.8 Å². The Bertz CT molecular complexity index is 732. The van der Waals surface area contributed by atoms with Gasteiger partial charge in [-0.25, -0.2) is 0 Å². The number of amides is 2. The molecule has 0 bridgehead atoms. The van der Waals surface area contributed by atoms with Gasteiger partial charge in [0.05, 0.1) is 12.0 Å². The summed E-state index contributed by atoms with van der Waals surface area (Å²) < 4.78 is 11.1. The van der Waals surface area contributed by atoms with E-state index in [-0.39, 0.29) is 30.7 Å². The van der Waals surface area contributed by atoms with Crippen LogP contribution in [0.4, 0.5) is 5.69 Å². The zero-order valence-corrected chi connectivity index (χ0v) is 16.1. The second kappa shape index (κ2) is 8.39. The first-order valence-corrected chi connectivity index (χ1v) is 10.3. The van der Waals surface area contributed by atoms with E-state index in [0.29, 0.717) is 36.9 Å². The average molecular weight is 388 g/mol. The lowest BCUT2D eigenvalue weighted by Crippen LogP contribution is -2.40. The van der Waals surface area contributed by atoms with E-state index in [9.17, 15) is 14.7 Å². The van der Waals surface area contributed by atoms with Crippen LogP contribution in [0.15, 0.2) is 18.2 Å². The number of ether oxygens (including phenoxy) is 2. The number of anilines is 1. The first kappa shape index (κ1) is 19.1. The summed E-state index contributed by atoms with van der Waals surface area (Å²) in [6, 6.07) is 5.41. The van der Waals surface area contributed by atoms with Gasteiger partial charge in [0, 0.05) is 31.3 Å². The maximum atomic E-state index is 12.5. The van der Waals surface area contributed by atoms with Crippen LogP contribution in [0.3, 0.4) is 0 Å². The van der Waals surface area contributed by atoms with Crippen molar-refractivity contribution in [2.45, 2.75) is 44.6 Å². The Hall–Kier alpha value is -2.28. The van der Waals surface area contributed by atoms with Crippen molar-refractivity contribution < 1.29 is 24.2 Å². The number of aliphatic hydroxyl groups is 1. The molecule has 152 valence electrons. The summed E-state index contributed by atoms with van der Waals surface area (Å²) in [6.45, 7) is 1.60. The van der Waals surface area contributed by atoms with Gasteiger partial charge < -0.3 is 24.8 Å². The Morgan fingerprint density at radius 2 is 1.93 bits per heavy atom. The number of aliphatic hydroxyl groups excluding tert-OH is 1. The van der Waals surface area contributed by atoms with Gasteiger partial charge in [-0.1, -0.05) is 19.3 Å². The third-order valence-electron chi connectivity index (χ3n) is 6.01. The van der Waals surface area contributed by atoms with E-state index in [0.717, 1.165) is 25.7 Å². The Morgan fingerprint density at radius 1 is 1.18 bits per heavy atom. The largest absolute Gasteiger partial charge is 0.486 e. The first-order chi connectivity index (χ1) is 13.6. The number of hydrogen-bond donors (Lipinski definition) is 2. The Balaban J connectivity index is 1.33. The predicted molar refractivity (Wildman–Crippen MR) is 103 cm³/mol. The lowest BCUT2D eigenvalue weighted by atomic mass is 9.85. The molecule has 2 atom stereocenters. The summed E-state index contributed by atoms with van der Waals surface area (Å²) >= 11 is 0. The SMILES string of the molecule is O=C(NCC(O)C1CCCCC1)C1CC(=O)N(c2ccc3c(c2)OCCO3)C1. The molecule has 2 aliphatic heterocycles. The molecule has 2 N–H and O–H groups in total. The summed E-state index contributed by atoms with van der Waals surface area (Å²) in [5.74, 6) is 0.924. The summed E-state index contributed by atoms with van der Waals surface area (Å²) in [6.07, 6.45) is 5.26. The fourth-order valence-corrected chi connectivity index (χ4v) is 4.37. The van der Waals surface area contributed by atoms with Crippen molar-refractivity contribution in [1.82, 2.24) is 5.32 Å². The lowest BCUT2D eigenvalue weighted by molar-refractivity contribution is -0.126. The van der Waals surface area contributed by atoms with Gasteiger partial charge in [-0.05, 0) is 30.9 Å². The van der Waals surface area contributed by atoms with Crippen LogP contribution in [0.25, 0.3) is 0 Å².